The van der Waals surface area contributed by atoms with Crippen molar-refractivity contribution in [1.29, 1.82) is 0 Å². The summed E-state index contributed by atoms with van der Waals surface area (Å²) in [5, 5.41) is 1.20. The third kappa shape index (κ3) is 2.88. The molecule has 2 fully saturated rings. The number of benzene rings is 1. The summed E-state index contributed by atoms with van der Waals surface area (Å²) in [5.41, 5.74) is 1.11. The second kappa shape index (κ2) is 6.21. The summed E-state index contributed by atoms with van der Waals surface area (Å²) in [7, 11) is 0. The molecule has 2 aliphatic rings. The first-order chi connectivity index (χ1) is 11.2. The van der Waals surface area contributed by atoms with Gasteiger partial charge in [-0.05, 0) is 44.4 Å². The quantitative estimate of drug-likeness (QED) is 0.867. The van der Waals surface area contributed by atoms with E-state index < -0.39 is 0 Å². The highest BCUT2D eigenvalue weighted by Gasteiger charge is 2.38. The van der Waals surface area contributed by atoms with Crippen LogP contribution in [0.5, 0.6) is 0 Å². The van der Waals surface area contributed by atoms with Gasteiger partial charge in [0, 0.05) is 25.6 Å². The van der Waals surface area contributed by atoms with E-state index in [0.29, 0.717) is 12.1 Å². The summed E-state index contributed by atoms with van der Waals surface area (Å²) in [6.07, 6.45) is 4.74. The van der Waals surface area contributed by atoms with Gasteiger partial charge in [0.1, 0.15) is 5.01 Å². The fourth-order valence-electron chi connectivity index (χ4n) is 4.23. The first-order valence-electron chi connectivity index (χ1n) is 8.58. The summed E-state index contributed by atoms with van der Waals surface area (Å²) in [6.45, 7) is 4.70. The summed E-state index contributed by atoms with van der Waals surface area (Å²) < 4.78 is 1.27. The maximum absolute atomic E-state index is 11.9. The lowest BCUT2D eigenvalue weighted by Gasteiger charge is -2.34. The SMILES string of the molecule is CC(=O)N1CCC[C@H]1[C@H]1CCCN1Cc1nc2ccccc2s1. The number of rotatable bonds is 3. The van der Waals surface area contributed by atoms with E-state index in [1.165, 1.54) is 22.5 Å². The summed E-state index contributed by atoms with van der Waals surface area (Å²) in [4.78, 5) is 21.3. The Kier molecular flexibility index (Phi) is 4.07. The molecule has 5 heteroatoms. The number of thiazole rings is 1. The molecule has 122 valence electrons. The second-order valence-corrected chi connectivity index (χ2v) is 7.79. The van der Waals surface area contributed by atoms with Crippen LogP contribution in [0, 0.1) is 0 Å². The third-order valence-corrected chi connectivity index (χ3v) is 6.26. The van der Waals surface area contributed by atoms with Crippen molar-refractivity contribution >= 4 is 27.5 Å². The zero-order valence-electron chi connectivity index (χ0n) is 13.6. The van der Waals surface area contributed by atoms with Crippen molar-refractivity contribution in [2.45, 2.75) is 51.2 Å². The number of fused-ring (bicyclic) bond motifs is 1. The average molecular weight is 329 g/mol. The molecular weight excluding hydrogens is 306 g/mol. The molecular formula is C18H23N3OS. The fraction of sp³-hybridized carbons (Fsp3) is 0.556. The molecule has 0 aliphatic carbocycles. The van der Waals surface area contributed by atoms with Crippen LogP contribution in [-0.4, -0.2) is 45.9 Å². The van der Waals surface area contributed by atoms with E-state index in [1.54, 1.807) is 18.3 Å². The van der Waals surface area contributed by atoms with Gasteiger partial charge < -0.3 is 4.90 Å². The van der Waals surface area contributed by atoms with Gasteiger partial charge in [-0.3, -0.25) is 9.69 Å². The van der Waals surface area contributed by atoms with Gasteiger partial charge in [-0.2, -0.15) is 0 Å². The molecule has 0 N–H and O–H groups in total. The van der Waals surface area contributed by atoms with Crippen LogP contribution in [0.3, 0.4) is 0 Å². The maximum Gasteiger partial charge on any atom is 0.219 e. The highest BCUT2D eigenvalue weighted by atomic mass is 32.1. The Morgan fingerprint density at radius 2 is 2.00 bits per heavy atom. The normalized spacial score (nSPS) is 25.5. The molecule has 2 saturated heterocycles. The van der Waals surface area contributed by atoms with E-state index in [-0.39, 0.29) is 5.91 Å². The molecule has 1 amide bonds. The Bertz CT molecular complexity index is 680. The predicted molar refractivity (Wildman–Crippen MR) is 93.5 cm³/mol. The van der Waals surface area contributed by atoms with Gasteiger partial charge in [0.15, 0.2) is 0 Å². The molecule has 0 bridgehead atoms. The third-order valence-electron chi connectivity index (χ3n) is 5.24. The lowest BCUT2D eigenvalue weighted by Crippen LogP contribution is -2.47. The van der Waals surface area contributed by atoms with E-state index in [9.17, 15) is 4.79 Å². The summed E-state index contributed by atoms with van der Waals surface area (Å²) in [5.74, 6) is 0.235. The van der Waals surface area contributed by atoms with Crippen LogP contribution in [0.1, 0.15) is 37.6 Å². The lowest BCUT2D eigenvalue weighted by atomic mass is 10.0. The largest absolute Gasteiger partial charge is 0.338 e. The minimum absolute atomic E-state index is 0.235. The Hall–Kier alpha value is -1.46. The van der Waals surface area contributed by atoms with Crippen LogP contribution in [-0.2, 0) is 11.3 Å². The molecule has 1 aromatic heterocycles. The Balaban J connectivity index is 1.52. The van der Waals surface area contributed by atoms with Crippen molar-refractivity contribution in [2.75, 3.05) is 13.1 Å². The van der Waals surface area contributed by atoms with Crippen LogP contribution >= 0.6 is 11.3 Å². The number of para-hydroxylation sites is 1. The zero-order valence-corrected chi connectivity index (χ0v) is 14.4. The van der Waals surface area contributed by atoms with Crippen LogP contribution in [0.15, 0.2) is 24.3 Å². The van der Waals surface area contributed by atoms with Crippen LogP contribution in [0.2, 0.25) is 0 Å². The molecule has 0 radical (unpaired) electrons. The van der Waals surface area contributed by atoms with E-state index in [2.05, 4.69) is 28.0 Å². The predicted octanol–water partition coefficient (Wildman–Crippen LogP) is 3.27. The molecule has 2 atom stereocenters. The standard InChI is InChI=1S/C18H23N3OS/c1-13(22)21-11-5-8-16(21)15-7-4-10-20(15)12-18-19-14-6-2-3-9-17(14)23-18/h2-3,6,9,15-16H,4-5,7-8,10-12H2,1H3/t15-,16+/m1/s1. The van der Waals surface area contributed by atoms with Crippen molar-refractivity contribution < 1.29 is 4.79 Å². The number of hydrogen-bond acceptors (Lipinski definition) is 4. The van der Waals surface area contributed by atoms with Gasteiger partial charge in [0.2, 0.25) is 5.91 Å². The number of aromatic nitrogens is 1. The van der Waals surface area contributed by atoms with E-state index in [1.807, 2.05) is 6.07 Å². The number of carbonyl (C=O) groups is 1. The highest BCUT2D eigenvalue weighted by Crippen LogP contribution is 2.32. The van der Waals surface area contributed by atoms with E-state index >= 15 is 0 Å². The highest BCUT2D eigenvalue weighted by molar-refractivity contribution is 7.18. The molecule has 4 nitrogen and oxygen atoms in total. The minimum atomic E-state index is 0.235. The summed E-state index contributed by atoms with van der Waals surface area (Å²) >= 11 is 1.80. The number of amides is 1. The number of likely N-dealkylation sites (tertiary alicyclic amines) is 2. The van der Waals surface area contributed by atoms with Gasteiger partial charge in [0.05, 0.1) is 16.8 Å². The first kappa shape index (κ1) is 15.1. The van der Waals surface area contributed by atoms with Gasteiger partial charge in [-0.15, -0.1) is 11.3 Å². The van der Waals surface area contributed by atoms with Gasteiger partial charge >= 0.3 is 0 Å². The van der Waals surface area contributed by atoms with Crippen molar-refractivity contribution in [3.05, 3.63) is 29.3 Å². The second-order valence-electron chi connectivity index (χ2n) is 6.68. The van der Waals surface area contributed by atoms with Gasteiger partial charge in [0.25, 0.3) is 0 Å². The van der Waals surface area contributed by atoms with Gasteiger partial charge in [-0.25, -0.2) is 4.98 Å². The Labute approximate surface area is 141 Å². The Morgan fingerprint density at radius 1 is 1.22 bits per heavy atom. The molecule has 2 aliphatic heterocycles. The van der Waals surface area contributed by atoms with Crippen molar-refractivity contribution in [1.82, 2.24) is 14.8 Å². The molecule has 0 saturated carbocycles. The molecule has 2 aromatic rings. The Morgan fingerprint density at radius 3 is 2.83 bits per heavy atom. The maximum atomic E-state index is 11.9. The van der Waals surface area contributed by atoms with Crippen LogP contribution in [0.4, 0.5) is 0 Å². The number of hydrogen-bond donors (Lipinski definition) is 0. The van der Waals surface area contributed by atoms with E-state index in [0.717, 1.165) is 38.0 Å². The molecule has 4 rings (SSSR count). The van der Waals surface area contributed by atoms with Crippen molar-refractivity contribution in [3.63, 3.8) is 0 Å². The van der Waals surface area contributed by atoms with Crippen molar-refractivity contribution in [3.8, 4) is 0 Å². The fourth-order valence-corrected chi connectivity index (χ4v) is 5.22. The summed E-state index contributed by atoms with van der Waals surface area (Å²) in [6, 6.07) is 9.27. The topological polar surface area (TPSA) is 36.4 Å². The molecule has 0 spiro atoms. The zero-order chi connectivity index (χ0) is 15.8. The smallest absolute Gasteiger partial charge is 0.219 e. The monoisotopic (exact) mass is 329 g/mol. The van der Waals surface area contributed by atoms with E-state index in [4.69, 9.17) is 4.98 Å². The number of nitrogens with zero attached hydrogens (tertiary/aromatic N) is 3. The first-order valence-corrected chi connectivity index (χ1v) is 9.40. The molecule has 23 heavy (non-hydrogen) atoms. The van der Waals surface area contributed by atoms with Crippen molar-refractivity contribution in [2.24, 2.45) is 0 Å². The minimum Gasteiger partial charge on any atom is -0.338 e. The molecule has 3 heterocycles. The van der Waals surface area contributed by atoms with Crippen LogP contribution < -0.4 is 0 Å². The molecule has 0 unspecified atom stereocenters. The number of carbonyl (C=O) groups excluding carboxylic acids is 1. The van der Waals surface area contributed by atoms with Crippen LogP contribution in [0.25, 0.3) is 10.2 Å². The van der Waals surface area contributed by atoms with Gasteiger partial charge in [-0.1, -0.05) is 12.1 Å². The lowest BCUT2D eigenvalue weighted by molar-refractivity contribution is -0.130. The molecule has 1 aromatic carbocycles. The average Bonchev–Trinajstić information content (AvgIpc) is 3.25.